The van der Waals surface area contributed by atoms with Crippen molar-refractivity contribution < 1.29 is 37.8 Å². The van der Waals surface area contributed by atoms with Gasteiger partial charge in [0.1, 0.15) is 18.2 Å². The van der Waals surface area contributed by atoms with E-state index in [2.05, 4.69) is 14.8 Å². The molecule has 0 radical (unpaired) electrons. The fraction of sp³-hybridized carbons (Fsp3) is 0.333. The van der Waals surface area contributed by atoms with Crippen LogP contribution in [-0.2, 0) is 19.1 Å². The van der Waals surface area contributed by atoms with Crippen LogP contribution in [0.5, 0.6) is 6.01 Å². The predicted molar refractivity (Wildman–Crippen MR) is 80.3 cm³/mol. The van der Waals surface area contributed by atoms with E-state index in [1.807, 2.05) is 0 Å². The smallest absolute Gasteiger partial charge is 0.344 e. The second-order valence-electron chi connectivity index (χ2n) is 4.80. The summed E-state index contributed by atoms with van der Waals surface area (Å²) in [6.07, 6.45) is -0.100. The Morgan fingerprint density at radius 2 is 2.00 bits per heavy atom. The van der Waals surface area contributed by atoms with Crippen LogP contribution in [0.2, 0.25) is 0 Å². The Bertz CT molecular complexity index is 796. The van der Waals surface area contributed by atoms with E-state index in [1.165, 1.54) is 0 Å². The number of ether oxygens (including phenoxy) is 3. The van der Waals surface area contributed by atoms with Gasteiger partial charge in [0.15, 0.2) is 6.61 Å². The number of nitrogens with zero attached hydrogens (tertiary/aromatic N) is 3. The van der Waals surface area contributed by atoms with Gasteiger partial charge in [-0.3, -0.25) is 4.79 Å². The zero-order valence-corrected chi connectivity index (χ0v) is 13.6. The lowest BCUT2D eigenvalue weighted by Crippen LogP contribution is -2.18. The molecule has 0 bridgehead atoms. The second-order valence-corrected chi connectivity index (χ2v) is 4.80. The average Bonchev–Trinajstić information content (AvgIpc) is 2.94. The summed E-state index contributed by atoms with van der Waals surface area (Å²) in [6.45, 7) is 1.09. The predicted octanol–water partition coefficient (Wildman–Crippen LogP) is 1.34. The fourth-order valence-corrected chi connectivity index (χ4v) is 1.83. The average molecular weight is 371 g/mol. The first-order valence-electron chi connectivity index (χ1n) is 7.46. The van der Waals surface area contributed by atoms with E-state index < -0.39 is 36.2 Å². The maximum Gasteiger partial charge on any atom is 0.344 e. The highest BCUT2D eigenvalue weighted by Crippen LogP contribution is 2.22. The van der Waals surface area contributed by atoms with Gasteiger partial charge in [0.05, 0.1) is 18.6 Å². The number of hydrogen-bond donors (Lipinski definition) is 1. The van der Waals surface area contributed by atoms with E-state index >= 15 is 0 Å². The van der Waals surface area contributed by atoms with E-state index in [0.29, 0.717) is 6.07 Å². The van der Waals surface area contributed by atoms with Crippen molar-refractivity contribution >= 4 is 11.9 Å². The number of hydrogen-bond acceptors (Lipinski definition) is 8. The Hall–Kier alpha value is -3.24. The number of halogens is 2. The second kappa shape index (κ2) is 8.74. The minimum Gasteiger partial charge on any atom is -0.466 e. The normalized spacial score (nSPS) is 10.4. The van der Waals surface area contributed by atoms with Crippen LogP contribution in [0, 0.1) is 11.6 Å². The lowest BCUT2D eigenvalue weighted by molar-refractivity contribution is -0.150. The topological polar surface area (TPSA) is 113 Å². The molecule has 0 aliphatic heterocycles. The third-order valence-corrected chi connectivity index (χ3v) is 2.94. The summed E-state index contributed by atoms with van der Waals surface area (Å²) in [7, 11) is 0. The zero-order valence-electron chi connectivity index (χ0n) is 13.6. The molecule has 2 rings (SSSR count). The summed E-state index contributed by atoms with van der Waals surface area (Å²) < 4.78 is 41.0. The Morgan fingerprint density at radius 1 is 1.23 bits per heavy atom. The highest BCUT2D eigenvalue weighted by atomic mass is 19.1. The van der Waals surface area contributed by atoms with E-state index in [-0.39, 0.29) is 35.9 Å². The van der Waals surface area contributed by atoms with Crippen molar-refractivity contribution in [2.45, 2.75) is 13.3 Å². The van der Waals surface area contributed by atoms with Gasteiger partial charge in [0, 0.05) is 6.07 Å². The van der Waals surface area contributed by atoms with Crippen LogP contribution in [0.4, 0.5) is 8.78 Å². The van der Waals surface area contributed by atoms with Gasteiger partial charge in [-0.25, -0.2) is 13.6 Å². The molecule has 0 aliphatic carbocycles. The first kappa shape index (κ1) is 19.1. The Balaban J connectivity index is 1.89. The Kier molecular flexibility index (Phi) is 6.42. The van der Waals surface area contributed by atoms with Gasteiger partial charge in [0.25, 0.3) is 0 Å². The van der Waals surface area contributed by atoms with E-state index in [4.69, 9.17) is 9.47 Å². The molecule has 0 amide bonds. The summed E-state index contributed by atoms with van der Waals surface area (Å²) in [5, 5.41) is 13.1. The van der Waals surface area contributed by atoms with Gasteiger partial charge in [-0.05, 0) is 19.1 Å². The molecule has 140 valence electrons. The summed E-state index contributed by atoms with van der Waals surface area (Å²) in [4.78, 5) is 26.5. The first-order chi connectivity index (χ1) is 12.4. The molecule has 0 atom stereocenters. The molecular weight excluding hydrogens is 356 g/mol. The molecule has 1 heterocycles. The highest BCUT2D eigenvalue weighted by Gasteiger charge is 2.18. The molecule has 1 N–H and O–H groups in total. The molecule has 0 spiro atoms. The molecule has 0 saturated carbocycles. The monoisotopic (exact) mass is 371 g/mol. The van der Waals surface area contributed by atoms with Crippen LogP contribution in [0.15, 0.2) is 18.2 Å². The minimum absolute atomic E-state index is 0.100. The largest absolute Gasteiger partial charge is 0.466 e. The van der Waals surface area contributed by atoms with Gasteiger partial charge >= 0.3 is 17.9 Å². The maximum atomic E-state index is 13.7. The van der Waals surface area contributed by atoms with Crippen LogP contribution in [0.25, 0.3) is 11.4 Å². The van der Waals surface area contributed by atoms with Crippen molar-refractivity contribution in [1.29, 1.82) is 0 Å². The van der Waals surface area contributed by atoms with Crippen LogP contribution in [0.3, 0.4) is 0 Å². The molecule has 0 fully saturated rings. The highest BCUT2D eigenvalue weighted by molar-refractivity contribution is 5.72. The Morgan fingerprint density at radius 3 is 2.69 bits per heavy atom. The van der Waals surface area contributed by atoms with Crippen LogP contribution < -0.4 is 4.74 Å². The molecular formula is C15H15F2N3O6. The molecule has 9 nitrogen and oxygen atoms in total. The summed E-state index contributed by atoms with van der Waals surface area (Å²) in [5.41, 5.74) is -0.215. The molecule has 0 unspecified atom stereocenters. The van der Waals surface area contributed by atoms with E-state index in [1.54, 1.807) is 6.92 Å². The summed E-state index contributed by atoms with van der Waals surface area (Å²) >= 11 is 0. The van der Waals surface area contributed by atoms with Crippen LogP contribution in [-0.4, -0.2) is 51.9 Å². The summed E-state index contributed by atoms with van der Waals surface area (Å²) in [6, 6.07) is 2.24. The zero-order chi connectivity index (χ0) is 19.1. The van der Waals surface area contributed by atoms with Gasteiger partial charge in [-0.2, -0.15) is 4.98 Å². The number of carbonyl (C=O) groups is 2. The van der Waals surface area contributed by atoms with Crippen LogP contribution >= 0.6 is 0 Å². The van der Waals surface area contributed by atoms with Crippen molar-refractivity contribution in [3.05, 3.63) is 29.8 Å². The molecule has 11 heteroatoms. The number of rotatable bonds is 8. The summed E-state index contributed by atoms with van der Waals surface area (Å²) in [5.74, 6) is -3.41. The van der Waals surface area contributed by atoms with Crippen molar-refractivity contribution in [2.75, 3.05) is 19.8 Å². The quantitative estimate of drug-likeness (QED) is 0.546. The fourth-order valence-electron chi connectivity index (χ4n) is 1.83. The van der Waals surface area contributed by atoms with Gasteiger partial charge in [-0.15, -0.1) is 0 Å². The molecule has 26 heavy (non-hydrogen) atoms. The first-order valence-corrected chi connectivity index (χ1v) is 7.46. The maximum absolute atomic E-state index is 13.7. The molecule has 0 saturated heterocycles. The lowest BCUT2D eigenvalue weighted by atomic mass is 10.2. The van der Waals surface area contributed by atoms with Crippen molar-refractivity contribution in [3.8, 4) is 17.4 Å². The molecule has 1 aromatic heterocycles. The molecule has 1 aromatic carbocycles. The number of aromatic nitrogens is 3. The molecule has 0 aliphatic rings. The third kappa shape index (κ3) is 5.13. The van der Waals surface area contributed by atoms with E-state index in [0.717, 1.165) is 12.1 Å². The lowest BCUT2D eigenvalue weighted by Gasteiger charge is -2.04. The van der Waals surface area contributed by atoms with E-state index in [9.17, 15) is 23.6 Å². The number of carbonyl (C=O) groups excluding carboxylic acids is 2. The minimum atomic E-state index is -0.961. The van der Waals surface area contributed by atoms with Crippen molar-refractivity contribution in [3.63, 3.8) is 0 Å². The van der Waals surface area contributed by atoms with Crippen molar-refractivity contribution in [1.82, 2.24) is 14.9 Å². The SMILES string of the molecule is CCOC(=O)CCOC(=O)COc1nc(-c2ccc(F)cc2F)n(O)n1. The number of esters is 2. The standard InChI is InChI=1S/C15H15F2N3O6/c1-2-24-12(21)5-6-25-13(22)8-26-15-18-14(20(23)19-15)10-4-3-9(16)7-11(10)17/h3-4,7,23H,2,5-6,8H2,1H3. The Labute approximate surface area is 146 Å². The van der Waals surface area contributed by atoms with Gasteiger partial charge < -0.3 is 19.4 Å². The van der Waals surface area contributed by atoms with Crippen molar-refractivity contribution in [2.24, 2.45) is 0 Å². The number of benzene rings is 1. The third-order valence-electron chi connectivity index (χ3n) is 2.94. The molecule has 2 aromatic rings. The van der Waals surface area contributed by atoms with Gasteiger partial charge in [-0.1, -0.05) is 9.94 Å². The van der Waals surface area contributed by atoms with Crippen LogP contribution in [0.1, 0.15) is 13.3 Å². The van der Waals surface area contributed by atoms with Gasteiger partial charge in [0.2, 0.25) is 5.82 Å².